The maximum absolute atomic E-state index is 10.8. The van der Waals surface area contributed by atoms with Crippen molar-refractivity contribution in [3.05, 3.63) is 0 Å². The molecule has 56 nitrogen and oxygen atoms in total. The van der Waals surface area contributed by atoms with Crippen molar-refractivity contribution in [2.24, 2.45) is 0 Å². The Morgan fingerprint density at radius 3 is 0.300 bits per heavy atom. The highest BCUT2D eigenvalue weighted by molar-refractivity contribution is 5.06. The molecular weight excluding hydrogens is 1900 g/mol. The van der Waals surface area contributed by atoms with Crippen molar-refractivity contribution in [2.45, 2.75) is 215 Å². The van der Waals surface area contributed by atoms with Crippen LogP contribution in [0.25, 0.3) is 0 Å². The molecule has 140 heavy (non-hydrogen) atoms. The maximum atomic E-state index is 10.8. The van der Waals surface area contributed by atoms with E-state index in [0.717, 1.165) is 0 Å². The van der Waals surface area contributed by atoms with Gasteiger partial charge < -0.3 is 273 Å². The molecule has 14 bridgehead atoms. The first kappa shape index (κ1) is 123. The number of aliphatic hydroxyl groups is 21. The van der Waals surface area contributed by atoms with Gasteiger partial charge in [-0.15, -0.1) is 0 Å². The van der Waals surface area contributed by atoms with Gasteiger partial charge in [-0.25, -0.2) is 0 Å². The first-order chi connectivity index (χ1) is 68.7. The molecule has 0 saturated carbocycles. The van der Waals surface area contributed by atoms with Crippen LogP contribution < -0.4 is 0 Å². The van der Waals surface area contributed by atoms with Gasteiger partial charge in [0, 0.05) is 0 Å². The lowest BCUT2D eigenvalue weighted by Crippen LogP contribution is -2.70. The van der Waals surface area contributed by atoms with Crippen molar-refractivity contribution in [3.63, 3.8) is 0 Å². The number of hydrogen-bond acceptors (Lipinski definition) is 56. The second kappa shape index (κ2) is 72.3. The van der Waals surface area contributed by atoms with Gasteiger partial charge in [0.2, 0.25) is 0 Å². The summed E-state index contributed by atoms with van der Waals surface area (Å²) in [5, 5.41) is 224. The maximum Gasteiger partial charge on any atom is 0.187 e. The third-order valence-electron chi connectivity index (χ3n) is 22.4. The van der Waals surface area contributed by atoms with Gasteiger partial charge in [-0.05, 0) is 0 Å². The molecule has 0 unspecified atom stereocenters. The van der Waals surface area contributed by atoms with E-state index < -0.39 is 492 Å². The van der Waals surface area contributed by atoms with Crippen molar-refractivity contribution >= 4 is 0 Å². The molecule has 21 saturated heterocycles. The molecule has 0 amide bonds. The zero-order valence-electron chi connectivity index (χ0n) is 78.5. The largest absolute Gasteiger partial charge is 0.394 e. The Labute approximate surface area is 809 Å². The Hall–Kier alpha value is -2.24. The highest BCUT2D eigenvalue weighted by Crippen LogP contribution is 2.45. The Bertz CT molecular complexity index is 2460. The fourth-order valence-electron chi connectivity index (χ4n) is 17.1. The van der Waals surface area contributed by atoms with Gasteiger partial charge in [0.1, 0.15) is 171 Å². The summed E-state index contributed by atoms with van der Waals surface area (Å²) in [5.41, 5.74) is 0. The van der Waals surface area contributed by atoms with E-state index in [4.69, 9.17) is 166 Å². The van der Waals surface area contributed by atoms with Gasteiger partial charge >= 0.3 is 0 Å². The molecule has 0 aliphatic carbocycles. The Morgan fingerprint density at radius 2 is 0.207 bits per heavy atom. The molecule has 21 rings (SSSR count). The van der Waals surface area contributed by atoms with E-state index in [9.17, 15) is 107 Å². The first-order valence-corrected chi connectivity index (χ1v) is 47.3. The third-order valence-corrected chi connectivity index (χ3v) is 22.4. The quantitative estimate of drug-likeness (QED) is 0.0251. The summed E-state index contributed by atoms with van der Waals surface area (Å²) in [6, 6.07) is 0. The predicted molar refractivity (Wildman–Crippen MR) is 456 cm³/mol. The summed E-state index contributed by atoms with van der Waals surface area (Å²) >= 11 is 0. The minimum Gasteiger partial charge on any atom is -0.394 e. The predicted octanol–water partition coefficient (Wildman–Crippen LogP) is -14.9. The van der Waals surface area contributed by atoms with Crippen LogP contribution in [-0.2, 0) is 166 Å². The molecule has 35 atom stereocenters. The lowest BCUT2D eigenvalue weighted by atomic mass is 9.94. The standard InChI is InChI=1S/C84H154O56/c85-1-22-106-43-50-57-64(113-29-8-92)71(120-36-15-99)78(127-50)135-58-51(44-107-23-2-86)129-80(73(122-38-17-101)65(58)114-30-9-93)137-60-53(46-109-25-4-88)131-82(75(124-40-19-103)67(60)116-32-11-95)139-62-55(48-111-27-6-90)133-84(77(126-42-21-105)69(62)118-34-13-97)140-63-56(49-112-28-7-91)132-83(76(125-41-20-104)70(63)119-35-14-98)138-61-54(47-110-26-5-89)130-81(74(123-39-18-102)68(61)117-33-12-96)136-59-52(45-108-24-3-87)128-79(134-57)72(121-37-16-100)66(59)115-31-10-94/h50-105H,1-49H2/t50-,51-,52-,53-,54-,55-,56-,57-,58-,59-,60-,61-,62-,63-,64+,65+,66+,67+,68+,69+,70+,71-,72-,73-,74-,75-,76-,77-,78-,79-,80-,81-,82-,83-,84-/m1/s1. The number of aliphatic hydroxyl groups excluding tert-OH is 21. The molecule has 21 heterocycles. The Kier molecular flexibility index (Phi) is 63.5. The fourth-order valence-corrected chi connectivity index (χ4v) is 17.1. The fraction of sp³-hybridized carbons (Fsp3) is 1.00. The topological polar surface area (TPSA) is 748 Å². The highest BCUT2D eigenvalue weighted by Gasteiger charge is 2.64. The lowest BCUT2D eigenvalue weighted by molar-refractivity contribution is -0.408. The van der Waals surface area contributed by atoms with Crippen LogP contribution in [0, 0.1) is 0 Å². The van der Waals surface area contributed by atoms with Crippen molar-refractivity contribution < 1.29 is 273 Å². The van der Waals surface area contributed by atoms with E-state index in [2.05, 4.69) is 0 Å². The second-order valence-electron chi connectivity index (χ2n) is 31.9. The SMILES string of the molecule is OCCOC[C@H]1O[C@@H]2O[C@H]3[C@H](OCCO)[C@@H](OCCO)[C@@H](O[C@H]4[C@H](OCCO)[C@@H](OCCO)[C@@H](O[C@H]5[C@H](OCCO)[C@@H](OCCO)[C@@H](O[C@H]6[C@H](OCCO)[C@@H](OCCO)[C@@H](O[C@H]7[C@H](OCCO)[C@@H](OCCO)[C@@H](O[C@H]8[C@H](OCCO)[C@@H](OCCO)[C@@H](O[C@H]1[C@H](OCCO)[C@H]2OCCO)O[C@@H]8COCCO)O[C@@H]7COCCO)O[C@@H]6COCCO)O[C@@H]5COCCO)O[C@@H]4COCCO)O[C@@H]3COCCO. The van der Waals surface area contributed by atoms with Gasteiger partial charge in [0.05, 0.1) is 324 Å². The minimum absolute atomic E-state index is 0.378. The highest BCUT2D eigenvalue weighted by atomic mass is 16.8. The summed E-state index contributed by atoms with van der Waals surface area (Å²) in [6.07, 6.45) is -59.9. The van der Waals surface area contributed by atoms with Crippen LogP contribution in [-0.4, -0.2) is 646 Å². The zero-order chi connectivity index (χ0) is 101. The van der Waals surface area contributed by atoms with Crippen LogP contribution in [0.5, 0.6) is 0 Å². The second-order valence-corrected chi connectivity index (χ2v) is 31.9. The van der Waals surface area contributed by atoms with Crippen LogP contribution >= 0.6 is 0 Å². The Balaban J connectivity index is 1.47. The van der Waals surface area contributed by atoms with E-state index in [-0.39, 0.29) is 46.2 Å². The van der Waals surface area contributed by atoms with Gasteiger partial charge in [-0.3, -0.25) is 0 Å². The summed E-state index contributed by atoms with van der Waals surface area (Å²) in [5.74, 6) is 0. The van der Waals surface area contributed by atoms with Gasteiger partial charge in [0.15, 0.2) is 44.0 Å². The van der Waals surface area contributed by atoms with Gasteiger partial charge in [0.25, 0.3) is 0 Å². The summed E-state index contributed by atoms with van der Waals surface area (Å²) in [6.45, 7) is -28.4. The van der Waals surface area contributed by atoms with Crippen molar-refractivity contribution in [1.82, 2.24) is 0 Å². The first-order valence-electron chi connectivity index (χ1n) is 47.3. The van der Waals surface area contributed by atoms with E-state index in [1.165, 1.54) is 0 Å². The number of rotatable bonds is 70. The molecule has 0 aromatic heterocycles. The molecule has 0 radical (unpaired) electrons. The molecule has 0 aromatic rings. The summed E-state index contributed by atoms with van der Waals surface area (Å²) < 4.78 is 233. The smallest absolute Gasteiger partial charge is 0.187 e. The van der Waals surface area contributed by atoms with Crippen molar-refractivity contribution in [3.8, 4) is 0 Å². The molecule has 21 aliphatic rings. The molecule has 56 heteroatoms. The number of ether oxygens (including phenoxy) is 35. The Morgan fingerprint density at radius 1 is 0.114 bits per heavy atom. The monoisotopic (exact) mass is 2060 g/mol. The normalized spacial score (nSPS) is 35.9. The van der Waals surface area contributed by atoms with Gasteiger partial charge in [-0.2, -0.15) is 0 Å². The van der Waals surface area contributed by atoms with Crippen molar-refractivity contribution in [2.75, 3.05) is 324 Å². The number of hydrogen-bond donors (Lipinski definition) is 21. The van der Waals surface area contributed by atoms with E-state index in [0.29, 0.717) is 0 Å². The molecular formula is C84H154O56. The van der Waals surface area contributed by atoms with Crippen LogP contribution in [0.2, 0.25) is 0 Å². The van der Waals surface area contributed by atoms with Crippen LogP contribution in [0.3, 0.4) is 0 Å². The molecule has 0 aromatic carbocycles. The summed E-state index contributed by atoms with van der Waals surface area (Å²) in [4.78, 5) is 0. The molecule has 826 valence electrons. The van der Waals surface area contributed by atoms with Crippen LogP contribution in [0.4, 0.5) is 0 Å². The van der Waals surface area contributed by atoms with E-state index in [1.54, 1.807) is 0 Å². The molecule has 0 spiro atoms. The van der Waals surface area contributed by atoms with Crippen LogP contribution in [0.1, 0.15) is 0 Å². The van der Waals surface area contributed by atoms with Crippen molar-refractivity contribution in [1.29, 1.82) is 0 Å². The van der Waals surface area contributed by atoms with E-state index >= 15 is 0 Å². The molecule has 21 N–H and O–H groups in total. The zero-order valence-corrected chi connectivity index (χ0v) is 78.5. The lowest BCUT2D eigenvalue weighted by Gasteiger charge is -2.53. The molecule has 21 fully saturated rings. The summed E-state index contributed by atoms with van der Waals surface area (Å²) in [7, 11) is 0. The average Bonchev–Trinajstić information content (AvgIpc) is 0.792. The van der Waals surface area contributed by atoms with Gasteiger partial charge in [-0.1, -0.05) is 0 Å². The molecule has 21 aliphatic heterocycles. The third kappa shape index (κ3) is 37.4. The average molecular weight is 2060 g/mol. The van der Waals surface area contributed by atoms with Crippen LogP contribution in [0.15, 0.2) is 0 Å². The minimum atomic E-state index is -1.89. The van der Waals surface area contributed by atoms with E-state index in [1.807, 2.05) is 0 Å².